The summed E-state index contributed by atoms with van der Waals surface area (Å²) in [5.74, 6) is 0. The lowest BCUT2D eigenvalue weighted by molar-refractivity contribution is -0.0290. The Morgan fingerprint density at radius 3 is 2.85 bits per heavy atom. The summed E-state index contributed by atoms with van der Waals surface area (Å²) < 4.78 is 2.10. The summed E-state index contributed by atoms with van der Waals surface area (Å²) in [6.07, 6.45) is 6.49. The molecule has 0 radical (unpaired) electrons. The van der Waals surface area contributed by atoms with E-state index in [1.54, 1.807) is 0 Å². The molecule has 3 N–H and O–H groups in total. The summed E-state index contributed by atoms with van der Waals surface area (Å²) in [4.78, 5) is 11.7. The van der Waals surface area contributed by atoms with Gasteiger partial charge in [0.05, 0.1) is 5.60 Å². The second kappa shape index (κ2) is 6.31. The van der Waals surface area contributed by atoms with Crippen LogP contribution >= 0.6 is 0 Å². The fraction of sp³-hybridized carbons (Fsp3) is 0.667. The second-order valence-electron chi connectivity index (χ2n) is 5.96. The number of nitrogens with zero attached hydrogens (tertiary/aromatic N) is 1. The maximum atomic E-state index is 11.7. The van der Waals surface area contributed by atoms with E-state index in [-0.39, 0.29) is 12.1 Å². The van der Waals surface area contributed by atoms with Crippen LogP contribution in [0.25, 0.3) is 0 Å². The van der Waals surface area contributed by atoms with E-state index in [9.17, 15) is 9.90 Å². The van der Waals surface area contributed by atoms with Crippen molar-refractivity contribution in [2.75, 3.05) is 6.54 Å². The van der Waals surface area contributed by atoms with Gasteiger partial charge in [-0.05, 0) is 51.2 Å². The molecule has 2 rings (SSSR count). The first-order valence-electron chi connectivity index (χ1n) is 7.35. The van der Waals surface area contributed by atoms with Gasteiger partial charge in [-0.3, -0.25) is 0 Å². The molecule has 0 bridgehead atoms. The average Bonchev–Trinajstić information content (AvgIpc) is 2.77. The number of rotatable bonds is 6. The number of urea groups is 1. The van der Waals surface area contributed by atoms with Gasteiger partial charge in [0.1, 0.15) is 0 Å². The van der Waals surface area contributed by atoms with E-state index < -0.39 is 5.60 Å². The number of carbonyl (C=O) groups excluding carboxylic acids is 1. The molecule has 2 amide bonds. The van der Waals surface area contributed by atoms with Gasteiger partial charge in [-0.25, -0.2) is 4.79 Å². The van der Waals surface area contributed by atoms with Crippen molar-refractivity contribution in [2.45, 2.75) is 50.7 Å². The topological polar surface area (TPSA) is 66.3 Å². The molecule has 1 saturated carbocycles. The van der Waals surface area contributed by atoms with Gasteiger partial charge < -0.3 is 20.3 Å². The molecule has 1 atom stereocenters. The van der Waals surface area contributed by atoms with Crippen LogP contribution in [0.3, 0.4) is 0 Å². The first-order valence-corrected chi connectivity index (χ1v) is 7.35. The molecule has 1 aliphatic rings. The summed E-state index contributed by atoms with van der Waals surface area (Å²) in [5, 5.41) is 15.6. The lowest BCUT2D eigenvalue weighted by atomic mass is 9.80. The predicted molar refractivity (Wildman–Crippen MR) is 78.5 cm³/mol. The number of aromatic nitrogens is 1. The number of aryl methyl sites for hydroxylation is 2. The molecule has 20 heavy (non-hydrogen) atoms. The zero-order valence-electron chi connectivity index (χ0n) is 12.4. The molecule has 1 fully saturated rings. The van der Waals surface area contributed by atoms with E-state index in [1.807, 2.05) is 26.2 Å². The minimum Gasteiger partial charge on any atom is -0.388 e. The molecule has 0 aliphatic heterocycles. The minimum atomic E-state index is -0.663. The van der Waals surface area contributed by atoms with E-state index >= 15 is 0 Å². The van der Waals surface area contributed by atoms with E-state index in [0.29, 0.717) is 6.54 Å². The number of carbonyl (C=O) groups is 1. The van der Waals surface area contributed by atoms with E-state index in [1.165, 1.54) is 5.69 Å². The van der Waals surface area contributed by atoms with Crippen molar-refractivity contribution in [1.29, 1.82) is 0 Å². The van der Waals surface area contributed by atoms with Crippen LogP contribution in [-0.2, 0) is 13.5 Å². The normalized spacial score (nSPS) is 18.1. The number of hydrogen-bond acceptors (Lipinski definition) is 2. The third-order valence-electron chi connectivity index (χ3n) is 4.12. The lowest BCUT2D eigenvalue weighted by Gasteiger charge is -2.36. The minimum absolute atomic E-state index is 0.112. The number of hydrogen-bond donors (Lipinski definition) is 3. The fourth-order valence-corrected chi connectivity index (χ4v) is 2.47. The number of amides is 2. The molecule has 0 spiro atoms. The predicted octanol–water partition coefficient (Wildman–Crippen LogP) is 1.56. The van der Waals surface area contributed by atoms with E-state index in [4.69, 9.17) is 0 Å². The average molecular weight is 279 g/mol. The molecule has 1 aromatic rings. The third-order valence-corrected chi connectivity index (χ3v) is 4.12. The monoisotopic (exact) mass is 279 g/mol. The highest BCUT2D eigenvalue weighted by atomic mass is 16.3. The van der Waals surface area contributed by atoms with Gasteiger partial charge in [0.25, 0.3) is 0 Å². The van der Waals surface area contributed by atoms with Gasteiger partial charge in [-0.1, -0.05) is 0 Å². The summed E-state index contributed by atoms with van der Waals surface area (Å²) in [5.41, 5.74) is 0.603. The van der Waals surface area contributed by atoms with Crippen LogP contribution in [0.4, 0.5) is 4.79 Å². The standard InChI is InChI=1S/C15H25N3O2/c1-12(6-7-13-5-3-10-18(13)2)17-14(19)16-11-15(20)8-4-9-15/h3,5,10,12,20H,4,6-9,11H2,1-2H3,(H2,16,17,19). The highest BCUT2D eigenvalue weighted by molar-refractivity contribution is 5.74. The Labute approximate surface area is 120 Å². The van der Waals surface area contributed by atoms with Crippen LogP contribution in [0.2, 0.25) is 0 Å². The van der Waals surface area contributed by atoms with Crippen LogP contribution in [0.1, 0.15) is 38.3 Å². The molecule has 1 heterocycles. The van der Waals surface area contributed by atoms with Gasteiger partial charge in [-0.2, -0.15) is 0 Å². The molecule has 0 aromatic carbocycles. The zero-order chi connectivity index (χ0) is 14.6. The Hall–Kier alpha value is -1.49. The molecule has 1 aliphatic carbocycles. The molecule has 0 saturated heterocycles. The van der Waals surface area contributed by atoms with Crippen molar-refractivity contribution in [3.63, 3.8) is 0 Å². The number of aliphatic hydroxyl groups is 1. The van der Waals surface area contributed by atoms with Gasteiger partial charge in [-0.15, -0.1) is 0 Å². The van der Waals surface area contributed by atoms with Crippen molar-refractivity contribution in [1.82, 2.24) is 15.2 Å². The highest BCUT2D eigenvalue weighted by Crippen LogP contribution is 2.30. The van der Waals surface area contributed by atoms with Crippen molar-refractivity contribution >= 4 is 6.03 Å². The molecular weight excluding hydrogens is 254 g/mol. The first kappa shape index (κ1) is 14.9. The summed E-state index contributed by atoms with van der Waals surface area (Å²) >= 11 is 0. The molecule has 1 unspecified atom stereocenters. The maximum absolute atomic E-state index is 11.7. The second-order valence-corrected chi connectivity index (χ2v) is 5.96. The Morgan fingerprint density at radius 2 is 2.30 bits per heavy atom. The molecule has 112 valence electrons. The number of nitrogens with one attached hydrogen (secondary N) is 2. The van der Waals surface area contributed by atoms with Crippen molar-refractivity contribution in [3.05, 3.63) is 24.0 Å². The molecule has 5 heteroatoms. The quantitative estimate of drug-likeness (QED) is 0.740. The highest BCUT2D eigenvalue weighted by Gasteiger charge is 2.34. The first-order chi connectivity index (χ1) is 9.48. The van der Waals surface area contributed by atoms with Crippen LogP contribution in [-0.4, -0.2) is 33.9 Å². The fourth-order valence-electron chi connectivity index (χ4n) is 2.47. The Bertz CT molecular complexity index is 452. The molecule has 1 aromatic heterocycles. The van der Waals surface area contributed by atoms with Gasteiger partial charge >= 0.3 is 6.03 Å². The molecule has 5 nitrogen and oxygen atoms in total. The van der Waals surface area contributed by atoms with Crippen LogP contribution < -0.4 is 10.6 Å². The largest absolute Gasteiger partial charge is 0.388 e. The summed E-state index contributed by atoms with van der Waals surface area (Å²) in [6.45, 7) is 2.35. The van der Waals surface area contributed by atoms with Crippen molar-refractivity contribution in [3.8, 4) is 0 Å². The van der Waals surface area contributed by atoms with Gasteiger partial charge in [0, 0.05) is 31.5 Å². The Kier molecular flexibility index (Phi) is 4.70. The Morgan fingerprint density at radius 1 is 1.55 bits per heavy atom. The van der Waals surface area contributed by atoms with Crippen molar-refractivity contribution < 1.29 is 9.90 Å². The SMILES string of the molecule is CC(CCc1cccn1C)NC(=O)NCC1(O)CCC1. The molecular formula is C15H25N3O2. The zero-order valence-corrected chi connectivity index (χ0v) is 12.4. The van der Waals surface area contributed by atoms with Crippen molar-refractivity contribution in [2.24, 2.45) is 7.05 Å². The van der Waals surface area contributed by atoms with E-state index in [0.717, 1.165) is 32.1 Å². The van der Waals surface area contributed by atoms with Gasteiger partial charge in [0.2, 0.25) is 0 Å². The van der Waals surface area contributed by atoms with E-state index in [2.05, 4.69) is 21.3 Å². The third kappa shape index (κ3) is 4.00. The van der Waals surface area contributed by atoms with Gasteiger partial charge in [0.15, 0.2) is 0 Å². The van der Waals surface area contributed by atoms with Crippen LogP contribution in [0.5, 0.6) is 0 Å². The smallest absolute Gasteiger partial charge is 0.315 e. The summed E-state index contributed by atoms with van der Waals surface area (Å²) in [6, 6.07) is 4.05. The summed E-state index contributed by atoms with van der Waals surface area (Å²) in [7, 11) is 2.03. The lowest BCUT2D eigenvalue weighted by Crippen LogP contribution is -2.51. The van der Waals surface area contributed by atoms with Crippen LogP contribution in [0.15, 0.2) is 18.3 Å². The van der Waals surface area contributed by atoms with Crippen LogP contribution in [0, 0.1) is 0 Å². The Balaban J connectivity index is 1.64. The maximum Gasteiger partial charge on any atom is 0.315 e.